The lowest BCUT2D eigenvalue weighted by Crippen LogP contribution is -2.21. The number of halogens is 2. The minimum atomic E-state index is -0.666. The van der Waals surface area contributed by atoms with Crippen LogP contribution in [0.4, 0.5) is 10.1 Å². The fraction of sp³-hybridized carbons (Fsp3) is 0. The van der Waals surface area contributed by atoms with Crippen LogP contribution in [0.5, 0.6) is 0 Å². The van der Waals surface area contributed by atoms with Gasteiger partial charge in [0.05, 0.1) is 5.69 Å². The van der Waals surface area contributed by atoms with Crippen molar-refractivity contribution in [2.45, 2.75) is 0 Å². The van der Waals surface area contributed by atoms with Gasteiger partial charge in [-0.3, -0.25) is 4.79 Å². The molecule has 110 valence electrons. The molecule has 0 fully saturated rings. The van der Waals surface area contributed by atoms with Gasteiger partial charge in [-0.25, -0.2) is 9.38 Å². The molecule has 3 rings (SSSR count). The second-order valence-corrected chi connectivity index (χ2v) is 5.52. The van der Waals surface area contributed by atoms with Gasteiger partial charge in [0, 0.05) is 9.86 Å². The van der Waals surface area contributed by atoms with E-state index in [0.717, 1.165) is 4.47 Å². The Bertz CT molecular complexity index is 950. The molecule has 22 heavy (non-hydrogen) atoms. The number of fused-ring (bicyclic) bond motifs is 1. The minimum Gasteiger partial charge on any atom is -0.438 e. The van der Waals surface area contributed by atoms with Crippen LogP contribution in [-0.4, -0.2) is 5.91 Å². The molecule has 0 aliphatic heterocycles. The van der Waals surface area contributed by atoms with Crippen LogP contribution in [0, 0.1) is 5.82 Å². The molecule has 0 aliphatic carbocycles. The van der Waals surface area contributed by atoms with Gasteiger partial charge < -0.3 is 10.2 Å². The third kappa shape index (κ3) is 2.92. The highest BCUT2D eigenvalue weighted by Crippen LogP contribution is 2.20. The molecule has 4 nitrogen and oxygen atoms in total. The first-order chi connectivity index (χ1) is 10.5. The molecule has 0 unspecified atom stereocenters. The highest BCUT2D eigenvalue weighted by atomic mass is 79.9. The Kier molecular flexibility index (Phi) is 3.77. The summed E-state index contributed by atoms with van der Waals surface area (Å²) in [7, 11) is 0. The van der Waals surface area contributed by atoms with Crippen LogP contribution in [0.1, 0.15) is 10.4 Å². The van der Waals surface area contributed by atoms with E-state index in [0.29, 0.717) is 16.7 Å². The number of hydrogen-bond acceptors (Lipinski definition) is 3. The summed E-state index contributed by atoms with van der Waals surface area (Å²) >= 11 is 3.35. The Balaban J connectivity index is 2.29. The topological polar surface area (TPSA) is 68.6 Å². The van der Waals surface area contributed by atoms with Crippen LogP contribution >= 0.6 is 15.9 Å². The number of hydrogen-bond donors (Lipinski definition) is 1. The van der Waals surface area contributed by atoms with Crippen molar-refractivity contribution in [1.29, 1.82) is 0 Å². The van der Waals surface area contributed by atoms with E-state index < -0.39 is 11.7 Å². The summed E-state index contributed by atoms with van der Waals surface area (Å²) in [5, 5.41) is 0.710. The molecule has 6 heteroatoms. The van der Waals surface area contributed by atoms with Crippen molar-refractivity contribution in [2.24, 2.45) is 10.7 Å². The van der Waals surface area contributed by atoms with Gasteiger partial charge in [0.25, 0.3) is 5.91 Å². The largest absolute Gasteiger partial charge is 0.438 e. The number of rotatable bonds is 2. The molecule has 0 spiro atoms. The van der Waals surface area contributed by atoms with Gasteiger partial charge in [0.2, 0.25) is 5.55 Å². The summed E-state index contributed by atoms with van der Waals surface area (Å²) in [6, 6.07) is 12.6. The number of nitrogens with two attached hydrogens (primary N) is 1. The molecule has 2 aromatic carbocycles. The normalized spacial score (nSPS) is 11.8. The zero-order valence-corrected chi connectivity index (χ0v) is 12.8. The van der Waals surface area contributed by atoms with Gasteiger partial charge in [-0.05, 0) is 42.5 Å². The Labute approximate surface area is 133 Å². The Morgan fingerprint density at radius 2 is 2.00 bits per heavy atom. The van der Waals surface area contributed by atoms with Crippen molar-refractivity contribution in [3.05, 3.63) is 69.9 Å². The second-order valence-electron chi connectivity index (χ2n) is 4.60. The quantitative estimate of drug-likeness (QED) is 0.757. The zero-order chi connectivity index (χ0) is 15.7. The van der Waals surface area contributed by atoms with Crippen molar-refractivity contribution < 1.29 is 13.6 Å². The molecule has 0 atom stereocenters. The summed E-state index contributed by atoms with van der Waals surface area (Å²) < 4.78 is 19.7. The number of nitrogens with zero attached hydrogens (tertiary/aromatic N) is 1. The molecule has 3 aromatic rings. The zero-order valence-electron chi connectivity index (χ0n) is 11.2. The van der Waals surface area contributed by atoms with E-state index in [4.69, 9.17) is 10.2 Å². The number of amides is 1. The van der Waals surface area contributed by atoms with Gasteiger partial charge in [0.15, 0.2) is 0 Å². The maximum absolute atomic E-state index is 13.2. The first kappa shape index (κ1) is 14.5. The van der Waals surface area contributed by atoms with Gasteiger partial charge in [-0.1, -0.05) is 22.0 Å². The van der Waals surface area contributed by atoms with Crippen LogP contribution in [0.3, 0.4) is 0 Å². The maximum atomic E-state index is 13.2. The van der Waals surface area contributed by atoms with E-state index >= 15 is 0 Å². The Morgan fingerprint density at radius 1 is 1.18 bits per heavy atom. The molecule has 0 radical (unpaired) electrons. The van der Waals surface area contributed by atoms with Crippen LogP contribution in [-0.2, 0) is 0 Å². The molecule has 1 heterocycles. The molecule has 0 saturated heterocycles. The summed E-state index contributed by atoms with van der Waals surface area (Å²) in [6.07, 6.45) is 0. The number of carbonyl (C=O) groups excluding carboxylic acids is 1. The fourth-order valence-electron chi connectivity index (χ4n) is 2.02. The number of primary amides is 1. The molecular weight excluding hydrogens is 351 g/mol. The van der Waals surface area contributed by atoms with Crippen LogP contribution in [0.25, 0.3) is 11.0 Å². The molecule has 1 aromatic heterocycles. The SMILES string of the molecule is NC(=O)c1cc2cc(Br)ccc2oc1=Nc1cccc(F)c1. The van der Waals surface area contributed by atoms with Gasteiger partial charge in [-0.2, -0.15) is 0 Å². The Hall–Kier alpha value is -2.47. The summed E-state index contributed by atoms with van der Waals surface area (Å²) in [5.41, 5.74) is 6.45. The van der Waals surface area contributed by atoms with Crippen molar-refractivity contribution >= 4 is 38.5 Å². The van der Waals surface area contributed by atoms with Crippen molar-refractivity contribution in [1.82, 2.24) is 0 Å². The maximum Gasteiger partial charge on any atom is 0.254 e. The van der Waals surface area contributed by atoms with Crippen molar-refractivity contribution in [2.75, 3.05) is 0 Å². The number of carbonyl (C=O) groups is 1. The molecule has 0 saturated carbocycles. The predicted molar refractivity (Wildman–Crippen MR) is 84.1 cm³/mol. The van der Waals surface area contributed by atoms with E-state index in [1.807, 2.05) is 6.07 Å². The molecule has 1 amide bonds. The fourth-order valence-corrected chi connectivity index (χ4v) is 2.40. The lowest BCUT2D eigenvalue weighted by molar-refractivity contribution is 0.0996. The van der Waals surface area contributed by atoms with E-state index in [2.05, 4.69) is 20.9 Å². The van der Waals surface area contributed by atoms with E-state index in [9.17, 15) is 9.18 Å². The van der Waals surface area contributed by atoms with Crippen molar-refractivity contribution in [3.63, 3.8) is 0 Å². The lowest BCUT2D eigenvalue weighted by atomic mass is 10.2. The average Bonchev–Trinajstić information content (AvgIpc) is 2.46. The second kappa shape index (κ2) is 5.73. The summed E-state index contributed by atoms with van der Waals surface area (Å²) in [6.45, 7) is 0. The first-order valence-electron chi connectivity index (χ1n) is 6.36. The number of benzene rings is 2. The van der Waals surface area contributed by atoms with Gasteiger partial charge in [-0.15, -0.1) is 0 Å². The Morgan fingerprint density at radius 3 is 2.73 bits per heavy atom. The monoisotopic (exact) mass is 360 g/mol. The van der Waals surface area contributed by atoms with Crippen LogP contribution in [0.15, 0.2) is 62.4 Å². The highest BCUT2D eigenvalue weighted by molar-refractivity contribution is 9.10. The van der Waals surface area contributed by atoms with Gasteiger partial charge in [0.1, 0.15) is 17.0 Å². The standard InChI is InChI=1S/C16H10BrFN2O2/c17-10-4-5-14-9(6-10)7-13(15(19)21)16(22-14)20-12-3-1-2-11(18)8-12/h1-8H,(H2,19,21). The first-order valence-corrected chi connectivity index (χ1v) is 7.16. The van der Waals surface area contributed by atoms with Crippen molar-refractivity contribution in [3.8, 4) is 0 Å². The minimum absolute atomic E-state index is 0.0490. The molecule has 2 N–H and O–H groups in total. The predicted octanol–water partition coefficient (Wildman–Crippen LogP) is 3.67. The lowest BCUT2D eigenvalue weighted by Gasteiger charge is -2.02. The summed E-state index contributed by atoms with van der Waals surface area (Å²) in [5.74, 6) is -1.09. The third-order valence-electron chi connectivity index (χ3n) is 3.01. The van der Waals surface area contributed by atoms with Gasteiger partial charge >= 0.3 is 0 Å². The molecule has 0 bridgehead atoms. The summed E-state index contributed by atoms with van der Waals surface area (Å²) in [4.78, 5) is 15.8. The van der Waals surface area contributed by atoms with E-state index in [-0.39, 0.29) is 11.1 Å². The molecular formula is C16H10BrFN2O2. The smallest absolute Gasteiger partial charge is 0.254 e. The highest BCUT2D eigenvalue weighted by Gasteiger charge is 2.09. The third-order valence-corrected chi connectivity index (χ3v) is 3.51. The molecule has 0 aliphatic rings. The van der Waals surface area contributed by atoms with E-state index in [1.54, 1.807) is 24.3 Å². The average molecular weight is 361 g/mol. The van der Waals surface area contributed by atoms with E-state index in [1.165, 1.54) is 18.2 Å². The van der Waals surface area contributed by atoms with Crippen LogP contribution in [0.2, 0.25) is 0 Å². The van der Waals surface area contributed by atoms with Crippen LogP contribution < -0.4 is 11.3 Å².